The van der Waals surface area contributed by atoms with Gasteiger partial charge in [-0.15, -0.1) is 0 Å². The van der Waals surface area contributed by atoms with Crippen molar-refractivity contribution in [3.05, 3.63) is 0 Å². The van der Waals surface area contributed by atoms with E-state index in [-0.39, 0.29) is 0 Å². The number of halogens is 2. The molecule has 0 radical (unpaired) electrons. The minimum Gasteiger partial charge on any atom is -0.207 e. The van der Waals surface area contributed by atoms with Gasteiger partial charge in [0.25, 0.3) is 0 Å². The molecule has 0 aliphatic carbocycles. The molecule has 0 rings (SSSR count). The molecule has 0 fully saturated rings. The van der Waals surface area contributed by atoms with Gasteiger partial charge in [0, 0.05) is 5.41 Å². The maximum absolute atomic E-state index is 12.2. The molecule has 0 heterocycles. The summed E-state index contributed by atoms with van der Waals surface area (Å²) in [5.41, 5.74) is -0.896. The van der Waals surface area contributed by atoms with Crippen LogP contribution in [0, 0.1) is 5.41 Å². The Kier molecular flexibility index (Phi) is 4.88. The van der Waals surface area contributed by atoms with Crippen molar-refractivity contribution in [1.29, 1.82) is 0 Å². The average Bonchev–Trinajstić information content (AvgIpc) is 1.66. The first kappa shape index (κ1) is 12.5. The smallest absolute Gasteiger partial charge is 0.207 e. The van der Waals surface area contributed by atoms with Crippen LogP contribution in [0.25, 0.3) is 0 Å². The van der Waals surface area contributed by atoms with E-state index in [0.29, 0.717) is 0 Å². The Hall–Kier alpha value is -0.140. The van der Waals surface area contributed by atoms with Crippen LogP contribution in [0.2, 0.25) is 0 Å². The highest BCUT2D eigenvalue weighted by Crippen LogP contribution is 2.34. The largest absolute Gasteiger partial charge is 0.250 e. The summed E-state index contributed by atoms with van der Waals surface area (Å²) in [6.07, 6.45) is 0. The third-order valence-electron chi connectivity index (χ3n) is 1.32. The molecule has 0 aliphatic heterocycles. The Balaban J connectivity index is 0. The Morgan fingerprint density at radius 1 is 0.800 bits per heavy atom. The highest BCUT2D eigenvalue weighted by Gasteiger charge is 2.37. The molecule has 0 unspecified atom stereocenters. The van der Waals surface area contributed by atoms with Gasteiger partial charge in [0.1, 0.15) is 0 Å². The molecule has 0 saturated carbocycles. The van der Waals surface area contributed by atoms with Crippen LogP contribution in [0.1, 0.15) is 41.5 Å². The molecular weight excluding hydrogens is 134 g/mol. The van der Waals surface area contributed by atoms with Crippen LogP contribution in [-0.2, 0) is 0 Å². The molecule has 0 N–H and O–H groups in total. The summed E-state index contributed by atoms with van der Waals surface area (Å²) in [4.78, 5) is 0. The number of hydrogen-bond acceptors (Lipinski definition) is 0. The van der Waals surface area contributed by atoms with Crippen LogP contribution < -0.4 is 0 Å². The van der Waals surface area contributed by atoms with E-state index in [1.807, 2.05) is 13.8 Å². The van der Waals surface area contributed by atoms with Gasteiger partial charge in [-0.1, -0.05) is 34.6 Å². The molecule has 0 nitrogen and oxygen atoms in total. The monoisotopic (exact) mass is 152 g/mol. The van der Waals surface area contributed by atoms with E-state index >= 15 is 0 Å². The SMILES string of the molecule is CC.CC(C)(C)C(C)(F)F. The molecule has 0 spiro atoms. The van der Waals surface area contributed by atoms with Crippen molar-refractivity contribution in [2.45, 2.75) is 47.5 Å². The van der Waals surface area contributed by atoms with Gasteiger partial charge < -0.3 is 0 Å². The van der Waals surface area contributed by atoms with Crippen LogP contribution in [-0.4, -0.2) is 5.92 Å². The predicted molar refractivity (Wildman–Crippen MR) is 41.4 cm³/mol. The number of alkyl halides is 2. The summed E-state index contributed by atoms with van der Waals surface area (Å²) in [5, 5.41) is 0. The summed E-state index contributed by atoms with van der Waals surface area (Å²) in [6.45, 7) is 9.50. The summed E-state index contributed by atoms with van der Waals surface area (Å²) in [7, 11) is 0. The second-order valence-electron chi connectivity index (χ2n) is 3.14. The lowest BCUT2D eigenvalue weighted by molar-refractivity contribution is -0.0785. The second kappa shape index (κ2) is 3.89. The lowest BCUT2D eigenvalue weighted by atomic mass is 9.89. The zero-order valence-electron chi connectivity index (χ0n) is 7.76. The third kappa shape index (κ3) is 4.71. The van der Waals surface area contributed by atoms with Crippen molar-refractivity contribution in [1.82, 2.24) is 0 Å². The minimum absolute atomic E-state index is 0.896. The van der Waals surface area contributed by atoms with Crippen molar-refractivity contribution in [2.75, 3.05) is 0 Å². The van der Waals surface area contributed by atoms with Crippen LogP contribution in [0.4, 0.5) is 8.78 Å². The zero-order chi connectivity index (χ0) is 9.00. The Bertz CT molecular complexity index is 62.2. The highest BCUT2D eigenvalue weighted by atomic mass is 19.3. The fraction of sp³-hybridized carbons (Fsp3) is 1.00. The first-order valence-corrected chi connectivity index (χ1v) is 3.63. The quantitative estimate of drug-likeness (QED) is 0.496. The van der Waals surface area contributed by atoms with Crippen LogP contribution in [0.3, 0.4) is 0 Å². The maximum Gasteiger partial charge on any atom is 0.250 e. The van der Waals surface area contributed by atoms with Gasteiger partial charge in [-0.3, -0.25) is 0 Å². The van der Waals surface area contributed by atoms with Crippen molar-refractivity contribution >= 4 is 0 Å². The van der Waals surface area contributed by atoms with Gasteiger partial charge in [-0.25, -0.2) is 8.78 Å². The van der Waals surface area contributed by atoms with E-state index in [2.05, 4.69) is 0 Å². The van der Waals surface area contributed by atoms with E-state index < -0.39 is 11.3 Å². The summed E-state index contributed by atoms with van der Waals surface area (Å²) < 4.78 is 24.5. The van der Waals surface area contributed by atoms with Crippen molar-refractivity contribution in [2.24, 2.45) is 5.41 Å². The topological polar surface area (TPSA) is 0 Å². The number of rotatable bonds is 0. The normalized spacial score (nSPS) is 12.0. The van der Waals surface area contributed by atoms with Crippen LogP contribution in [0.15, 0.2) is 0 Å². The molecule has 0 saturated heterocycles. The van der Waals surface area contributed by atoms with E-state index in [1.165, 1.54) is 20.8 Å². The van der Waals surface area contributed by atoms with E-state index in [0.717, 1.165) is 6.92 Å². The predicted octanol–water partition coefficient (Wildman–Crippen LogP) is 3.71. The highest BCUT2D eigenvalue weighted by molar-refractivity contribution is 4.75. The molecule has 0 amide bonds. The lowest BCUT2D eigenvalue weighted by Gasteiger charge is -2.26. The minimum atomic E-state index is -2.56. The standard InChI is InChI=1S/C6H12F2.C2H6/c1-5(2,3)6(4,7)8;1-2/h1-4H3;1-2H3. The zero-order valence-corrected chi connectivity index (χ0v) is 7.76. The third-order valence-corrected chi connectivity index (χ3v) is 1.32. The van der Waals surface area contributed by atoms with E-state index in [1.54, 1.807) is 0 Å². The fourth-order valence-corrected chi connectivity index (χ4v) is 0. The van der Waals surface area contributed by atoms with Gasteiger partial charge in [0.05, 0.1) is 0 Å². The molecule has 0 aromatic heterocycles. The van der Waals surface area contributed by atoms with Crippen LogP contribution >= 0.6 is 0 Å². The molecule has 0 aliphatic rings. The molecule has 2 heteroatoms. The summed E-state index contributed by atoms with van der Waals surface area (Å²) >= 11 is 0. The molecule has 10 heavy (non-hydrogen) atoms. The van der Waals surface area contributed by atoms with Crippen LogP contribution in [0.5, 0.6) is 0 Å². The van der Waals surface area contributed by atoms with Crippen molar-refractivity contribution in [3.63, 3.8) is 0 Å². The lowest BCUT2D eigenvalue weighted by Crippen LogP contribution is -2.29. The molecule has 0 bridgehead atoms. The summed E-state index contributed by atoms with van der Waals surface area (Å²) in [5.74, 6) is -2.56. The summed E-state index contributed by atoms with van der Waals surface area (Å²) in [6, 6.07) is 0. The van der Waals surface area contributed by atoms with Gasteiger partial charge in [0.15, 0.2) is 0 Å². The second-order valence-corrected chi connectivity index (χ2v) is 3.14. The Morgan fingerprint density at radius 3 is 0.900 bits per heavy atom. The maximum atomic E-state index is 12.2. The number of hydrogen-bond donors (Lipinski definition) is 0. The molecule has 64 valence electrons. The van der Waals surface area contributed by atoms with E-state index in [9.17, 15) is 8.78 Å². The molecule has 0 aromatic carbocycles. The first-order valence-electron chi connectivity index (χ1n) is 3.63. The fourth-order valence-electron chi connectivity index (χ4n) is 0. The molecule has 0 atom stereocenters. The first-order chi connectivity index (χ1) is 4.25. The molecular formula is C8H18F2. The molecule has 0 aromatic rings. The van der Waals surface area contributed by atoms with Crippen molar-refractivity contribution < 1.29 is 8.78 Å². The average molecular weight is 152 g/mol. The van der Waals surface area contributed by atoms with E-state index in [4.69, 9.17) is 0 Å². The van der Waals surface area contributed by atoms with Crippen molar-refractivity contribution in [3.8, 4) is 0 Å². The Labute approximate surface area is 62.6 Å². The van der Waals surface area contributed by atoms with Gasteiger partial charge in [-0.2, -0.15) is 0 Å². The Morgan fingerprint density at radius 2 is 0.900 bits per heavy atom. The van der Waals surface area contributed by atoms with Gasteiger partial charge in [0.2, 0.25) is 5.92 Å². The van der Waals surface area contributed by atoms with Gasteiger partial charge >= 0.3 is 0 Å². The van der Waals surface area contributed by atoms with Gasteiger partial charge in [-0.05, 0) is 6.92 Å².